The van der Waals surface area contributed by atoms with Gasteiger partial charge in [0.1, 0.15) is 5.82 Å². The molecule has 0 aliphatic rings. The predicted molar refractivity (Wildman–Crippen MR) is 103 cm³/mol. The van der Waals surface area contributed by atoms with Crippen LogP contribution in [0.25, 0.3) is 0 Å². The smallest absolute Gasteiger partial charge is 0.262 e. The third-order valence-electron chi connectivity index (χ3n) is 3.95. The van der Waals surface area contributed by atoms with E-state index in [4.69, 9.17) is 9.47 Å². The molecule has 0 aliphatic carbocycles. The number of carbonyl (C=O) groups excluding carboxylic acids is 1. The molecule has 6 heteroatoms. The van der Waals surface area contributed by atoms with Crippen molar-refractivity contribution in [2.24, 2.45) is 0 Å². The van der Waals surface area contributed by atoms with E-state index in [1.807, 2.05) is 31.2 Å². The van der Waals surface area contributed by atoms with Gasteiger partial charge in [0.25, 0.3) is 5.91 Å². The summed E-state index contributed by atoms with van der Waals surface area (Å²) in [7, 11) is 3.39. The van der Waals surface area contributed by atoms with Crippen molar-refractivity contribution in [2.45, 2.75) is 33.0 Å². The number of carbonyl (C=O) groups is 1. The number of hydrogen-bond acceptors (Lipinski definition) is 4. The first kappa shape index (κ1) is 20.7. The number of benzene rings is 2. The highest BCUT2D eigenvalue weighted by molar-refractivity contribution is 5.80. The van der Waals surface area contributed by atoms with Gasteiger partial charge in [0.05, 0.1) is 6.61 Å². The van der Waals surface area contributed by atoms with Gasteiger partial charge in [0, 0.05) is 27.2 Å². The van der Waals surface area contributed by atoms with Gasteiger partial charge in [-0.05, 0) is 49.2 Å². The lowest BCUT2D eigenvalue weighted by molar-refractivity contribution is -0.135. The predicted octanol–water partition coefficient (Wildman–Crippen LogP) is 3.37. The largest absolute Gasteiger partial charge is 0.490 e. The lowest BCUT2D eigenvalue weighted by atomic mass is 10.1. The van der Waals surface area contributed by atoms with Gasteiger partial charge in [0.2, 0.25) is 0 Å². The molecule has 27 heavy (non-hydrogen) atoms. The molecule has 0 bridgehead atoms. The Labute approximate surface area is 160 Å². The number of amides is 1. The zero-order valence-corrected chi connectivity index (χ0v) is 16.3. The first-order valence-electron chi connectivity index (χ1n) is 8.99. The van der Waals surface area contributed by atoms with Crippen LogP contribution in [0, 0.1) is 5.82 Å². The molecule has 146 valence electrons. The second kappa shape index (κ2) is 9.92. The van der Waals surface area contributed by atoms with Crippen LogP contribution in [0.2, 0.25) is 0 Å². The molecule has 1 atom stereocenters. The van der Waals surface area contributed by atoms with Crippen LogP contribution in [0.4, 0.5) is 4.39 Å². The maximum absolute atomic E-state index is 13.2. The Balaban J connectivity index is 2.02. The van der Waals surface area contributed by atoms with Crippen molar-refractivity contribution in [3.8, 4) is 11.5 Å². The number of nitrogens with zero attached hydrogens (tertiary/aromatic N) is 1. The fourth-order valence-corrected chi connectivity index (χ4v) is 2.63. The maximum Gasteiger partial charge on any atom is 0.262 e. The third-order valence-corrected chi connectivity index (χ3v) is 3.95. The Kier molecular flexibility index (Phi) is 7.61. The molecule has 0 fully saturated rings. The minimum Gasteiger partial charge on any atom is -0.490 e. The summed E-state index contributed by atoms with van der Waals surface area (Å²) in [6.45, 7) is 5.27. The van der Waals surface area contributed by atoms with Gasteiger partial charge in [0.15, 0.2) is 17.6 Å². The highest BCUT2D eigenvalue weighted by Crippen LogP contribution is 2.29. The van der Waals surface area contributed by atoms with E-state index in [2.05, 4.69) is 5.32 Å². The van der Waals surface area contributed by atoms with Crippen molar-refractivity contribution >= 4 is 5.91 Å². The molecular formula is C21H27FN2O3. The number of rotatable bonds is 9. The van der Waals surface area contributed by atoms with E-state index in [-0.39, 0.29) is 11.7 Å². The van der Waals surface area contributed by atoms with Crippen LogP contribution in [0.3, 0.4) is 0 Å². The Morgan fingerprint density at radius 2 is 1.81 bits per heavy atom. The second-order valence-electron chi connectivity index (χ2n) is 6.44. The molecule has 1 amide bonds. The number of ether oxygens (including phenoxy) is 2. The zero-order valence-electron chi connectivity index (χ0n) is 16.3. The summed E-state index contributed by atoms with van der Waals surface area (Å²) in [5.41, 5.74) is 1.89. The maximum atomic E-state index is 13.2. The topological polar surface area (TPSA) is 50.8 Å². The Morgan fingerprint density at radius 3 is 2.44 bits per heavy atom. The zero-order chi connectivity index (χ0) is 19.8. The third kappa shape index (κ3) is 6.25. The van der Waals surface area contributed by atoms with Crippen molar-refractivity contribution in [1.82, 2.24) is 10.2 Å². The van der Waals surface area contributed by atoms with Gasteiger partial charge in [-0.25, -0.2) is 4.39 Å². The molecule has 5 nitrogen and oxygen atoms in total. The van der Waals surface area contributed by atoms with E-state index in [9.17, 15) is 9.18 Å². The summed E-state index contributed by atoms with van der Waals surface area (Å²) in [6.07, 6.45) is -0.601. The molecular weight excluding hydrogens is 347 g/mol. The standard InChI is InChI=1S/C21H27FN2O3/c1-5-26-20-12-17(14-23-13-16-7-6-8-18(22)11-16)9-10-19(20)27-15(2)21(25)24(3)4/h6-12,15,23H,5,13-14H2,1-4H3. The molecule has 2 aromatic rings. The van der Waals surface area contributed by atoms with Crippen molar-refractivity contribution in [3.63, 3.8) is 0 Å². The number of nitrogens with one attached hydrogen (secondary N) is 1. The SMILES string of the molecule is CCOc1cc(CNCc2cccc(F)c2)ccc1OC(C)C(=O)N(C)C. The number of hydrogen-bond donors (Lipinski definition) is 1. The van der Waals surface area contributed by atoms with Gasteiger partial charge >= 0.3 is 0 Å². The molecule has 0 aromatic heterocycles. The van der Waals surface area contributed by atoms with Crippen molar-refractivity contribution in [2.75, 3.05) is 20.7 Å². The molecule has 1 N–H and O–H groups in total. The summed E-state index contributed by atoms with van der Waals surface area (Å²) < 4.78 is 24.7. The lowest BCUT2D eigenvalue weighted by Crippen LogP contribution is -2.35. The highest BCUT2D eigenvalue weighted by atomic mass is 19.1. The molecule has 2 aromatic carbocycles. The van der Waals surface area contributed by atoms with Crippen LogP contribution in [0.15, 0.2) is 42.5 Å². The van der Waals surface area contributed by atoms with Crippen molar-refractivity contribution in [3.05, 3.63) is 59.4 Å². The Hall–Kier alpha value is -2.60. The van der Waals surface area contributed by atoms with Crippen LogP contribution < -0.4 is 14.8 Å². The average molecular weight is 374 g/mol. The summed E-state index contributed by atoms with van der Waals surface area (Å²) in [6, 6.07) is 12.1. The Morgan fingerprint density at radius 1 is 1.11 bits per heavy atom. The summed E-state index contributed by atoms with van der Waals surface area (Å²) >= 11 is 0. The molecule has 0 radical (unpaired) electrons. The van der Waals surface area contributed by atoms with E-state index in [1.54, 1.807) is 27.1 Å². The normalized spacial score (nSPS) is 11.7. The van der Waals surface area contributed by atoms with Gasteiger partial charge in [-0.15, -0.1) is 0 Å². The minimum atomic E-state index is -0.601. The average Bonchev–Trinajstić information content (AvgIpc) is 2.63. The monoisotopic (exact) mass is 374 g/mol. The van der Waals surface area contributed by atoms with Crippen molar-refractivity contribution < 1.29 is 18.7 Å². The summed E-state index contributed by atoms with van der Waals surface area (Å²) in [5, 5.41) is 3.28. The first-order valence-corrected chi connectivity index (χ1v) is 8.99. The van der Waals surface area contributed by atoms with Crippen LogP contribution in [-0.4, -0.2) is 37.6 Å². The molecule has 0 saturated carbocycles. The fraction of sp³-hybridized carbons (Fsp3) is 0.381. The molecule has 0 saturated heterocycles. The molecule has 1 unspecified atom stereocenters. The van der Waals surface area contributed by atoms with E-state index >= 15 is 0 Å². The van der Waals surface area contributed by atoms with E-state index < -0.39 is 6.10 Å². The first-order chi connectivity index (χ1) is 12.9. The van der Waals surface area contributed by atoms with E-state index in [0.717, 1.165) is 11.1 Å². The Bertz CT molecular complexity index is 765. The van der Waals surface area contributed by atoms with Crippen LogP contribution in [0.1, 0.15) is 25.0 Å². The molecule has 2 rings (SSSR count). The molecule has 0 spiro atoms. The van der Waals surface area contributed by atoms with E-state index in [0.29, 0.717) is 31.2 Å². The quantitative estimate of drug-likeness (QED) is 0.731. The second-order valence-corrected chi connectivity index (χ2v) is 6.44. The number of likely N-dealkylation sites (N-methyl/N-ethyl adjacent to an activating group) is 1. The van der Waals surface area contributed by atoms with Crippen molar-refractivity contribution in [1.29, 1.82) is 0 Å². The van der Waals surface area contributed by atoms with E-state index in [1.165, 1.54) is 17.0 Å². The van der Waals surface area contributed by atoms with Crippen LogP contribution in [0.5, 0.6) is 11.5 Å². The minimum absolute atomic E-state index is 0.113. The molecule has 0 aliphatic heterocycles. The number of halogens is 1. The van der Waals surface area contributed by atoms with Crippen LogP contribution >= 0.6 is 0 Å². The lowest BCUT2D eigenvalue weighted by Gasteiger charge is -2.20. The summed E-state index contributed by atoms with van der Waals surface area (Å²) in [4.78, 5) is 13.5. The van der Waals surface area contributed by atoms with Gasteiger partial charge < -0.3 is 19.7 Å². The van der Waals surface area contributed by atoms with Gasteiger partial charge in [-0.1, -0.05) is 18.2 Å². The van der Waals surface area contributed by atoms with Crippen LogP contribution in [-0.2, 0) is 17.9 Å². The fourth-order valence-electron chi connectivity index (χ4n) is 2.63. The molecule has 0 heterocycles. The van der Waals surface area contributed by atoms with Gasteiger partial charge in [-0.2, -0.15) is 0 Å². The highest BCUT2D eigenvalue weighted by Gasteiger charge is 2.18. The van der Waals surface area contributed by atoms with Gasteiger partial charge in [-0.3, -0.25) is 4.79 Å². The summed E-state index contributed by atoms with van der Waals surface area (Å²) in [5.74, 6) is 0.781.